The van der Waals surface area contributed by atoms with Crippen LogP contribution >= 0.6 is 0 Å². The number of aliphatic carboxylic acids is 1. The van der Waals surface area contributed by atoms with Crippen LogP contribution in [0.25, 0.3) is 0 Å². The third-order valence-corrected chi connectivity index (χ3v) is 3.56. The van der Waals surface area contributed by atoms with Gasteiger partial charge in [0.15, 0.2) is 0 Å². The minimum Gasteiger partial charge on any atom is -0.480 e. The van der Waals surface area contributed by atoms with Crippen LogP contribution in [0.2, 0.25) is 0 Å². The number of amides is 1. The number of alkyl carbamates (subject to hydrolysis) is 1. The van der Waals surface area contributed by atoms with Gasteiger partial charge in [0.2, 0.25) is 0 Å². The monoisotopic (exact) mass is 316 g/mol. The van der Waals surface area contributed by atoms with Gasteiger partial charge < -0.3 is 19.9 Å². The first-order valence-electron chi connectivity index (χ1n) is 7.56. The first-order chi connectivity index (χ1) is 10.0. The molecule has 22 heavy (non-hydrogen) atoms. The molecule has 1 aliphatic heterocycles. The van der Waals surface area contributed by atoms with E-state index in [1.165, 1.54) is 0 Å². The van der Waals surface area contributed by atoms with Crippen molar-refractivity contribution in [3.8, 4) is 0 Å². The average molecular weight is 316 g/mol. The van der Waals surface area contributed by atoms with E-state index in [1.54, 1.807) is 20.8 Å². The quantitative estimate of drug-likeness (QED) is 0.798. The molecule has 0 aromatic carbocycles. The Morgan fingerprint density at radius 2 is 1.77 bits per heavy atom. The summed E-state index contributed by atoms with van der Waals surface area (Å²) in [5, 5.41) is 11.8. The molecule has 1 fully saturated rings. The Balaban J connectivity index is 2.66. The standard InChI is InChI=1S/C15H28N2O5/c1-14(2,3)22-13(20)16-11(12(18)19)10-15(4,5)17-6-8-21-9-7-17/h11H,6-10H2,1-5H3,(H,16,20)(H,18,19). The van der Waals surface area contributed by atoms with Gasteiger partial charge in [-0.3, -0.25) is 4.90 Å². The maximum atomic E-state index is 11.8. The molecular formula is C15H28N2O5. The van der Waals surface area contributed by atoms with Crippen molar-refractivity contribution in [1.82, 2.24) is 10.2 Å². The smallest absolute Gasteiger partial charge is 0.408 e. The molecule has 0 bridgehead atoms. The van der Waals surface area contributed by atoms with E-state index in [0.29, 0.717) is 19.6 Å². The van der Waals surface area contributed by atoms with Crippen molar-refractivity contribution >= 4 is 12.1 Å². The van der Waals surface area contributed by atoms with E-state index in [-0.39, 0.29) is 5.54 Å². The molecule has 1 atom stereocenters. The summed E-state index contributed by atoms with van der Waals surface area (Å²) in [4.78, 5) is 25.4. The topological polar surface area (TPSA) is 88.1 Å². The first-order valence-corrected chi connectivity index (χ1v) is 7.56. The second kappa shape index (κ2) is 7.28. The summed E-state index contributed by atoms with van der Waals surface area (Å²) in [6.45, 7) is 12.0. The molecule has 7 nitrogen and oxygen atoms in total. The third kappa shape index (κ3) is 6.19. The lowest BCUT2D eigenvalue weighted by Gasteiger charge is -2.42. The second-order valence-electron chi connectivity index (χ2n) is 7.15. The van der Waals surface area contributed by atoms with Gasteiger partial charge in [0.05, 0.1) is 13.2 Å². The van der Waals surface area contributed by atoms with Crippen molar-refractivity contribution in [2.24, 2.45) is 0 Å². The Bertz CT molecular complexity index is 397. The van der Waals surface area contributed by atoms with Crippen LogP contribution in [-0.4, -0.2) is 65.6 Å². The molecule has 1 rings (SSSR count). The number of carboxylic acid groups (broad SMARTS) is 1. The van der Waals surface area contributed by atoms with Gasteiger partial charge in [-0.15, -0.1) is 0 Å². The largest absolute Gasteiger partial charge is 0.480 e. The molecule has 7 heteroatoms. The zero-order valence-corrected chi connectivity index (χ0v) is 14.1. The lowest BCUT2D eigenvalue weighted by Crippen LogP contribution is -2.55. The average Bonchev–Trinajstić information content (AvgIpc) is 2.36. The molecular weight excluding hydrogens is 288 g/mol. The van der Waals surface area contributed by atoms with Crippen molar-refractivity contribution in [1.29, 1.82) is 0 Å². The van der Waals surface area contributed by atoms with Gasteiger partial charge in [0.25, 0.3) is 0 Å². The van der Waals surface area contributed by atoms with Gasteiger partial charge in [-0.2, -0.15) is 0 Å². The molecule has 2 N–H and O–H groups in total. The minimum absolute atomic E-state index is 0.293. The third-order valence-electron chi connectivity index (χ3n) is 3.56. The molecule has 0 saturated carbocycles. The summed E-state index contributed by atoms with van der Waals surface area (Å²) in [6, 6.07) is -0.993. The van der Waals surface area contributed by atoms with Crippen molar-refractivity contribution < 1.29 is 24.2 Å². The van der Waals surface area contributed by atoms with E-state index in [4.69, 9.17) is 9.47 Å². The number of hydrogen-bond donors (Lipinski definition) is 2. The van der Waals surface area contributed by atoms with Gasteiger partial charge in [0, 0.05) is 18.6 Å². The Morgan fingerprint density at radius 1 is 1.23 bits per heavy atom. The van der Waals surface area contributed by atoms with Crippen molar-refractivity contribution in [2.45, 2.75) is 58.2 Å². The molecule has 1 aliphatic rings. The highest BCUT2D eigenvalue weighted by Crippen LogP contribution is 2.22. The number of hydrogen-bond acceptors (Lipinski definition) is 5. The number of morpholine rings is 1. The summed E-state index contributed by atoms with van der Waals surface area (Å²) < 4.78 is 10.5. The highest BCUT2D eigenvalue weighted by Gasteiger charge is 2.35. The van der Waals surface area contributed by atoms with E-state index in [0.717, 1.165) is 13.1 Å². The maximum absolute atomic E-state index is 11.8. The molecule has 128 valence electrons. The molecule has 0 aliphatic carbocycles. The van der Waals surface area contributed by atoms with E-state index < -0.39 is 23.7 Å². The molecule has 0 aromatic rings. The molecule has 1 amide bonds. The van der Waals surface area contributed by atoms with Crippen molar-refractivity contribution in [3.63, 3.8) is 0 Å². The molecule has 0 aromatic heterocycles. The predicted octanol–water partition coefficient (Wildman–Crippen LogP) is 1.47. The van der Waals surface area contributed by atoms with Crippen LogP contribution in [0.5, 0.6) is 0 Å². The Morgan fingerprint density at radius 3 is 2.23 bits per heavy atom. The summed E-state index contributed by atoms with van der Waals surface area (Å²) in [7, 11) is 0. The van der Waals surface area contributed by atoms with Crippen LogP contribution in [0.3, 0.4) is 0 Å². The molecule has 0 radical (unpaired) electrons. The normalized spacial score (nSPS) is 18.6. The number of rotatable bonds is 5. The van der Waals surface area contributed by atoms with Gasteiger partial charge in [-0.1, -0.05) is 0 Å². The van der Waals surface area contributed by atoms with Gasteiger partial charge in [-0.25, -0.2) is 9.59 Å². The number of ether oxygens (including phenoxy) is 2. The summed E-state index contributed by atoms with van der Waals surface area (Å²) in [5.41, 5.74) is -1.02. The molecule has 1 heterocycles. The highest BCUT2D eigenvalue weighted by molar-refractivity contribution is 5.80. The predicted molar refractivity (Wildman–Crippen MR) is 81.9 cm³/mol. The van der Waals surface area contributed by atoms with Crippen molar-refractivity contribution in [2.75, 3.05) is 26.3 Å². The number of carbonyl (C=O) groups is 2. The number of carboxylic acids is 1. The zero-order chi connectivity index (χ0) is 17.0. The first kappa shape index (κ1) is 18.7. The van der Waals surface area contributed by atoms with Crippen LogP contribution in [-0.2, 0) is 14.3 Å². The zero-order valence-electron chi connectivity index (χ0n) is 14.1. The molecule has 1 unspecified atom stereocenters. The fraction of sp³-hybridized carbons (Fsp3) is 0.867. The molecule has 0 spiro atoms. The van der Waals surface area contributed by atoms with E-state index in [2.05, 4.69) is 10.2 Å². The minimum atomic E-state index is -1.06. The van der Waals surface area contributed by atoms with E-state index >= 15 is 0 Å². The van der Waals surface area contributed by atoms with E-state index in [1.807, 2.05) is 13.8 Å². The Hall–Kier alpha value is -1.34. The Labute approximate surface area is 131 Å². The maximum Gasteiger partial charge on any atom is 0.408 e. The van der Waals surface area contributed by atoms with Crippen LogP contribution in [0, 0.1) is 0 Å². The SMILES string of the molecule is CC(C)(C)OC(=O)NC(CC(C)(C)N1CCOCC1)C(=O)O. The number of nitrogens with zero attached hydrogens (tertiary/aromatic N) is 1. The fourth-order valence-electron chi connectivity index (χ4n) is 2.45. The van der Waals surface area contributed by atoms with Gasteiger partial charge in [0.1, 0.15) is 11.6 Å². The lowest BCUT2D eigenvalue weighted by molar-refractivity contribution is -0.140. The van der Waals surface area contributed by atoms with Crippen molar-refractivity contribution in [3.05, 3.63) is 0 Å². The van der Waals surface area contributed by atoms with Gasteiger partial charge >= 0.3 is 12.1 Å². The highest BCUT2D eigenvalue weighted by atomic mass is 16.6. The summed E-state index contributed by atoms with van der Waals surface area (Å²) in [5.74, 6) is -1.06. The lowest BCUT2D eigenvalue weighted by atomic mass is 9.92. The van der Waals surface area contributed by atoms with Crippen LogP contribution in [0.15, 0.2) is 0 Å². The summed E-state index contributed by atoms with van der Waals surface area (Å²) in [6.07, 6.45) is -0.417. The van der Waals surface area contributed by atoms with Crippen LogP contribution < -0.4 is 5.32 Å². The number of nitrogens with one attached hydrogen (secondary N) is 1. The van der Waals surface area contributed by atoms with E-state index in [9.17, 15) is 14.7 Å². The summed E-state index contributed by atoms with van der Waals surface area (Å²) >= 11 is 0. The number of carbonyl (C=O) groups excluding carboxylic acids is 1. The van der Waals surface area contributed by atoms with Gasteiger partial charge in [-0.05, 0) is 41.0 Å². The Kier molecular flexibility index (Phi) is 6.19. The van der Waals surface area contributed by atoms with Crippen LogP contribution in [0.1, 0.15) is 41.0 Å². The fourth-order valence-corrected chi connectivity index (χ4v) is 2.45. The van der Waals surface area contributed by atoms with Crippen LogP contribution in [0.4, 0.5) is 4.79 Å². The molecule has 1 saturated heterocycles. The second-order valence-corrected chi connectivity index (χ2v) is 7.15.